The van der Waals surface area contributed by atoms with Crippen LogP contribution in [0.3, 0.4) is 0 Å². The van der Waals surface area contributed by atoms with Crippen molar-refractivity contribution in [2.45, 2.75) is 6.61 Å². The van der Waals surface area contributed by atoms with Crippen molar-refractivity contribution in [3.8, 4) is 23.0 Å². The average Bonchev–Trinajstić information content (AvgIpc) is 2.42. The van der Waals surface area contributed by atoms with E-state index in [1.54, 1.807) is 6.07 Å². The van der Waals surface area contributed by atoms with Gasteiger partial charge in [0.2, 0.25) is 0 Å². The Morgan fingerprint density at radius 2 is 1.32 bits per heavy atom. The van der Waals surface area contributed by atoms with Gasteiger partial charge in [0, 0.05) is 5.56 Å². The van der Waals surface area contributed by atoms with Crippen molar-refractivity contribution < 1.29 is 25.2 Å². The fraction of sp³-hybridized carbons (Fsp3) is 0.143. The Morgan fingerprint density at radius 3 is 1.74 bits per heavy atom. The van der Waals surface area contributed by atoms with Crippen molar-refractivity contribution in [1.29, 1.82) is 0 Å². The number of rotatable bonds is 2. The van der Waals surface area contributed by atoms with Crippen LogP contribution in [0.4, 0.5) is 0 Å². The highest BCUT2D eigenvalue weighted by Crippen LogP contribution is 2.22. The zero-order valence-corrected chi connectivity index (χ0v) is 10.4. The van der Waals surface area contributed by atoms with Crippen molar-refractivity contribution in [2.75, 3.05) is 7.11 Å². The van der Waals surface area contributed by atoms with Gasteiger partial charge in [-0.15, -0.1) is 0 Å². The average molecular weight is 264 g/mol. The summed E-state index contributed by atoms with van der Waals surface area (Å²) in [6, 6.07) is 10.3. The topological polar surface area (TPSA) is 90.2 Å². The van der Waals surface area contributed by atoms with Gasteiger partial charge >= 0.3 is 0 Å². The van der Waals surface area contributed by atoms with Crippen LogP contribution in [-0.4, -0.2) is 27.5 Å². The van der Waals surface area contributed by atoms with Gasteiger partial charge in [-0.2, -0.15) is 0 Å². The van der Waals surface area contributed by atoms with E-state index in [1.807, 2.05) is 0 Å². The van der Waals surface area contributed by atoms with Gasteiger partial charge in [0.15, 0.2) is 0 Å². The number of hydrogen-bond donors (Lipinski definition) is 4. The molecule has 5 nitrogen and oxygen atoms in total. The summed E-state index contributed by atoms with van der Waals surface area (Å²) >= 11 is 0. The summed E-state index contributed by atoms with van der Waals surface area (Å²) in [6.45, 7) is -0.127. The monoisotopic (exact) mass is 264 g/mol. The predicted octanol–water partition coefficient (Wildman–Crippen LogP) is 1.99. The molecule has 0 saturated carbocycles. The predicted molar refractivity (Wildman–Crippen MR) is 70.4 cm³/mol. The van der Waals surface area contributed by atoms with E-state index in [2.05, 4.69) is 0 Å². The summed E-state index contributed by atoms with van der Waals surface area (Å²) in [5.41, 5.74) is 0.590. The number of aromatic hydroxyl groups is 3. The molecule has 0 aliphatic rings. The molecule has 0 saturated heterocycles. The SMILES string of the molecule is COc1ccc(O)cc1CO.Oc1ccc(O)cc1. The highest BCUT2D eigenvalue weighted by molar-refractivity contribution is 5.39. The Labute approximate surface area is 111 Å². The van der Waals surface area contributed by atoms with Crippen LogP contribution in [0.15, 0.2) is 42.5 Å². The van der Waals surface area contributed by atoms with E-state index in [9.17, 15) is 0 Å². The maximum atomic E-state index is 9.00. The second-order valence-electron chi connectivity index (χ2n) is 3.67. The van der Waals surface area contributed by atoms with Crippen LogP contribution in [0.5, 0.6) is 23.0 Å². The molecular weight excluding hydrogens is 248 g/mol. The standard InChI is InChI=1S/C8H10O3.C6H6O2/c1-11-8-3-2-7(10)4-6(8)5-9;7-5-1-2-6(8)4-3-5/h2-4,9-10H,5H2,1H3;1-4,7-8H. The first-order valence-corrected chi connectivity index (χ1v) is 5.51. The first kappa shape index (κ1) is 14.7. The van der Waals surface area contributed by atoms with E-state index in [-0.39, 0.29) is 23.9 Å². The van der Waals surface area contributed by atoms with Gasteiger partial charge in [-0.05, 0) is 42.5 Å². The van der Waals surface area contributed by atoms with Crippen LogP contribution < -0.4 is 4.74 Å². The van der Waals surface area contributed by atoms with Crippen molar-refractivity contribution in [2.24, 2.45) is 0 Å². The molecule has 19 heavy (non-hydrogen) atoms. The molecule has 0 unspecified atom stereocenters. The molecule has 0 fully saturated rings. The number of hydrogen-bond acceptors (Lipinski definition) is 5. The molecule has 0 spiro atoms. The van der Waals surface area contributed by atoms with Gasteiger partial charge in [-0.1, -0.05) is 0 Å². The number of phenolic OH excluding ortho intramolecular Hbond substituents is 3. The summed E-state index contributed by atoms with van der Waals surface area (Å²) in [5.74, 6) is 1.06. The number of ether oxygens (including phenoxy) is 1. The van der Waals surface area contributed by atoms with Crippen molar-refractivity contribution in [1.82, 2.24) is 0 Å². The van der Waals surface area contributed by atoms with E-state index >= 15 is 0 Å². The fourth-order valence-corrected chi connectivity index (χ4v) is 1.34. The molecule has 2 aromatic rings. The van der Waals surface area contributed by atoms with Crippen LogP contribution in [0.1, 0.15) is 5.56 Å². The Morgan fingerprint density at radius 1 is 0.842 bits per heavy atom. The minimum Gasteiger partial charge on any atom is -0.508 e. The van der Waals surface area contributed by atoms with E-state index in [0.29, 0.717) is 11.3 Å². The van der Waals surface area contributed by atoms with Crippen molar-refractivity contribution >= 4 is 0 Å². The summed E-state index contributed by atoms with van der Waals surface area (Å²) in [4.78, 5) is 0. The Balaban J connectivity index is 0.000000200. The van der Waals surface area contributed by atoms with Crippen LogP contribution >= 0.6 is 0 Å². The molecule has 0 bridgehead atoms. The number of phenols is 3. The molecule has 4 N–H and O–H groups in total. The molecule has 0 aliphatic carbocycles. The summed E-state index contributed by atoms with van der Waals surface area (Å²) < 4.78 is 4.92. The second kappa shape index (κ2) is 7.13. The van der Waals surface area contributed by atoms with Gasteiger partial charge in [0.1, 0.15) is 23.0 Å². The molecule has 5 heteroatoms. The third-order valence-electron chi connectivity index (χ3n) is 2.28. The lowest BCUT2D eigenvalue weighted by Crippen LogP contribution is -1.90. The zero-order valence-electron chi connectivity index (χ0n) is 10.4. The fourth-order valence-electron chi connectivity index (χ4n) is 1.34. The van der Waals surface area contributed by atoms with E-state index in [0.717, 1.165) is 0 Å². The number of benzene rings is 2. The number of methoxy groups -OCH3 is 1. The highest BCUT2D eigenvalue weighted by Gasteiger charge is 2.01. The number of aliphatic hydroxyl groups is 1. The minimum absolute atomic E-state index is 0.127. The van der Waals surface area contributed by atoms with Crippen LogP contribution in [0.2, 0.25) is 0 Å². The zero-order chi connectivity index (χ0) is 14.3. The normalized spacial score (nSPS) is 9.37. The molecule has 0 radical (unpaired) electrons. The van der Waals surface area contributed by atoms with E-state index < -0.39 is 0 Å². The maximum absolute atomic E-state index is 9.00. The first-order chi connectivity index (χ1) is 9.06. The first-order valence-electron chi connectivity index (χ1n) is 5.51. The second-order valence-corrected chi connectivity index (χ2v) is 3.67. The molecule has 0 aromatic heterocycles. The maximum Gasteiger partial charge on any atom is 0.124 e. The summed E-state index contributed by atoms with van der Waals surface area (Å²) in [5, 5.41) is 35.1. The van der Waals surface area contributed by atoms with Crippen LogP contribution in [-0.2, 0) is 6.61 Å². The van der Waals surface area contributed by atoms with Gasteiger partial charge in [0.05, 0.1) is 13.7 Å². The lowest BCUT2D eigenvalue weighted by molar-refractivity contribution is 0.273. The lowest BCUT2D eigenvalue weighted by atomic mass is 10.2. The minimum atomic E-state index is -0.127. The molecule has 102 valence electrons. The smallest absolute Gasteiger partial charge is 0.124 e. The Kier molecular flexibility index (Phi) is 5.50. The molecule has 0 heterocycles. The molecule has 0 atom stereocenters. The largest absolute Gasteiger partial charge is 0.508 e. The molecule has 2 rings (SSSR count). The van der Waals surface area contributed by atoms with E-state index in [1.165, 1.54) is 43.5 Å². The van der Waals surface area contributed by atoms with Crippen molar-refractivity contribution in [3.05, 3.63) is 48.0 Å². The highest BCUT2D eigenvalue weighted by atomic mass is 16.5. The molecular formula is C14H16O5. The third-order valence-corrected chi connectivity index (χ3v) is 2.28. The summed E-state index contributed by atoms with van der Waals surface area (Å²) in [7, 11) is 1.52. The molecule has 0 amide bonds. The van der Waals surface area contributed by atoms with E-state index in [4.69, 9.17) is 25.2 Å². The third kappa shape index (κ3) is 4.77. The quantitative estimate of drug-likeness (QED) is 0.623. The van der Waals surface area contributed by atoms with Crippen LogP contribution in [0.25, 0.3) is 0 Å². The van der Waals surface area contributed by atoms with Gasteiger partial charge in [-0.25, -0.2) is 0 Å². The van der Waals surface area contributed by atoms with Gasteiger partial charge in [0.25, 0.3) is 0 Å². The molecule has 0 aliphatic heterocycles. The van der Waals surface area contributed by atoms with Gasteiger partial charge < -0.3 is 25.2 Å². The lowest BCUT2D eigenvalue weighted by Gasteiger charge is -2.05. The summed E-state index contributed by atoms with van der Waals surface area (Å²) in [6.07, 6.45) is 0. The molecule has 2 aromatic carbocycles. The van der Waals surface area contributed by atoms with Crippen molar-refractivity contribution in [3.63, 3.8) is 0 Å². The number of aliphatic hydroxyl groups excluding tert-OH is 1. The van der Waals surface area contributed by atoms with Gasteiger partial charge in [-0.3, -0.25) is 0 Å². The van der Waals surface area contributed by atoms with Crippen LogP contribution in [0, 0.1) is 0 Å². The Hall–Kier alpha value is -2.40. The Bertz CT molecular complexity index is 487.